The highest BCUT2D eigenvalue weighted by Gasteiger charge is 2.60. The number of nitrogens with one attached hydrogen (secondary N) is 1. The molecule has 1 unspecified atom stereocenters. The summed E-state index contributed by atoms with van der Waals surface area (Å²) in [6, 6.07) is 12.3. The van der Waals surface area contributed by atoms with E-state index in [0.717, 1.165) is 40.0 Å². The summed E-state index contributed by atoms with van der Waals surface area (Å²) in [6.45, 7) is 7.28. The van der Waals surface area contributed by atoms with E-state index in [-0.39, 0.29) is 17.7 Å². The Labute approximate surface area is 211 Å². The van der Waals surface area contributed by atoms with E-state index >= 15 is 0 Å². The van der Waals surface area contributed by atoms with E-state index in [1.807, 2.05) is 38.2 Å². The number of fused-ring (bicyclic) bond motifs is 4. The van der Waals surface area contributed by atoms with Crippen molar-refractivity contribution in [3.63, 3.8) is 0 Å². The molecule has 0 saturated carbocycles. The van der Waals surface area contributed by atoms with Crippen LogP contribution in [0.5, 0.6) is 11.5 Å². The Morgan fingerprint density at radius 2 is 2.00 bits per heavy atom. The number of hydrogen-bond acceptors (Lipinski definition) is 5. The molecule has 3 aromatic rings. The average molecular weight is 491 g/mol. The van der Waals surface area contributed by atoms with Crippen LogP contribution in [0.15, 0.2) is 42.5 Å². The molecule has 0 bridgehead atoms. The van der Waals surface area contributed by atoms with Gasteiger partial charge in [0.1, 0.15) is 23.1 Å². The fourth-order valence-corrected chi connectivity index (χ4v) is 5.59. The van der Waals surface area contributed by atoms with Crippen molar-refractivity contribution < 1.29 is 19.4 Å². The van der Waals surface area contributed by atoms with Crippen LogP contribution >= 0.6 is 0 Å². The maximum Gasteiger partial charge on any atom is 0.328 e. The van der Waals surface area contributed by atoms with Crippen LogP contribution in [0.3, 0.4) is 0 Å². The number of aromatic nitrogens is 1. The number of phenols is 1. The Hall–Kier alpha value is -3.52. The van der Waals surface area contributed by atoms with Gasteiger partial charge in [-0.05, 0) is 82.2 Å². The lowest BCUT2D eigenvalue weighted by molar-refractivity contribution is -0.133. The molecule has 190 valence electrons. The summed E-state index contributed by atoms with van der Waals surface area (Å²) < 4.78 is 5.47. The van der Waals surface area contributed by atoms with E-state index in [0.29, 0.717) is 25.4 Å². The Bertz CT molecular complexity index is 1330. The van der Waals surface area contributed by atoms with E-state index in [1.54, 1.807) is 30.2 Å². The number of urea groups is 1. The van der Waals surface area contributed by atoms with Gasteiger partial charge in [0.2, 0.25) is 0 Å². The summed E-state index contributed by atoms with van der Waals surface area (Å²) in [5.41, 5.74) is 2.50. The van der Waals surface area contributed by atoms with Gasteiger partial charge in [0.05, 0.1) is 7.11 Å². The highest BCUT2D eigenvalue weighted by atomic mass is 16.5. The molecule has 2 aliphatic rings. The quantitative estimate of drug-likeness (QED) is 0.483. The van der Waals surface area contributed by atoms with Crippen LogP contribution < -0.4 is 4.74 Å². The van der Waals surface area contributed by atoms with Crippen molar-refractivity contribution in [2.45, 2.75) is 51.2 Å². The van der Waals surface area contributed by atoms with Crippen LogP contribution in [-0.4, -0.2) is 75.6 Å². The largest absolute Gasteiger partial charge is 0.508 e. The Kier molecular flexibility index (Phi) is 5.95. The highest BCUT2D eigenvalue weighted by molar-refractivity contribution is 6.08. The molecule has 0 aliphatic carbocycles. The van der Waals surface area contributed by atoms with E-state index in [2.05, 4.69) is 23.7 Å². The molecule has 2 N–H and O–H groups in total. The number of benzene rings is 2. The van der Waals surface area contributed by atoms with Gasteiger partial charge in [-0.15, -0.1) is 0 Å². The molecule has 3 heterocycles. The average Bonchev–Trinajstić information content (AvgIpc) is 3.29. The second kappa shape index (κ2) is 8.85. The topological polar surface area (TPSA) is 89.1 Å². The predicted octanol–water partition coefficient (Wildman–Crippen LogP) is 4.28. The molecule has 0 radical (unpaired) electrons. The van der Waals surface area contributed by atoms with Gasteiger partial charge in [-0.3, -0.25) is 14.6 Å². The molecule has 1 aromatic heterocycles. The third-order valence-electron chi connectivity index (χ3n) is 7.83. The number of phenolic OH excluding ortho intramolecular Hbond substituents is 1. The van der Waals surface area contributed by atoms with Crippen LogP contribution in [0.25, 0.3) is 10.9 Å². The predicted molar refractivity (Wildman–Crippen MR) is 138 cm³/mol. The highest BCUT2D eigenvalue weighted by Crippen LogP contribution is 2.49. The van der Waals surface area contributed by atoms with Gasteiger partial charge in [0.25, 0.3) is 5.91 Å². The number of imide groups is 1. The number of rotatable bonds is 7. The van der Waals surface area contributed by atoms with Crippen LogP contribution in [0.1, 0.15) is 50.1 Å². The minimum absolute atomic E-state index is 0.116. The van der Waals surface area contributed by atoms with E-state index in [9.17, 15) is 14.7 Å². The van der Waals surface area contributed by atoms with Crippen LogP contribution in [0.2, 0.25) is 0 Å². The van der Waals surface area contributed by atoms with Gasteiger partial charge in [0.15, 0.2) is 0 Å². The molecule has 2 aromatic carbocycles. The monoisotopic (exact) mass is 490 g/mol. The van der Waals surface area contributed by atoms with Crippen LogP contribution in [0.4, 0.5) is 4.79 Å². The number of ether oxygens (including phenoxy) is 1. The van der Waals surface area contributed by atoms with Crippen molar-refractivity contribution in [2.75, 3.05) is 27.2 Å². The summed E-state index contributed by atoms with van der Waals surface area (Å²) >= 11 is 0. The third kappa shape index (κ3) is 3.71. The molecule has 2 atom stereocenters. The third-order valence-corrected chi connectivity index (χ3v) is 7.83. The van der Waals surface area contributed by atoms with Crippen molar-refractivity contribution in [2.24, 2.45) is 0 Å². The van der Waals surface area contributed by atoms with Crippen molar-refractivity contribution in [3.8, 4) is 11.5 Å². The normalized spacial score (nSPS) is 21.6. The zero-order chi connectivity index (χ0) is 25.8. The minimum atomic E-state index is -1.04. The Morgan fingerprint density at radius 1 is 1.22 bits per heavy atom. The van der Waals surface area contributed by atoms with Crippen molar-refractivity contribution in [3.05, 3.63) is 59.3 Å². The van der Waals surface area contributed by atoms with E-state index in [1.165, 1.54) is 4.90 Å². The van der Waals surface area contributed by atoms with Crippen molar-refractivity contribution in [1.29, 1.82) is 0 Å². The number of aromatic amines is 1. The second-order valence-electron chi connectivity index (χ2n) is 10.4. The number of carbonyl (C=O) groups excluding carboxylic acids is 2. The second-order valence-corrected chi connectivity index (χ2v) is 10.4. The molecule has 3 amide bonds. The molecule has 1 fully saturated rings. The van der Waals surface area contributed by atoms with Gasteiger partial charge < -0.3 is 19.7 Å². The number of aromatic hydroxyl groups is 1. The molecule has 8 heteroatoms. The van der Waals surface area contributed by atoms with Gasteiger partial charge in [0, 0.05) is 35.6 Å². The Morgan fingerprint density at radius 3 is 2.69 bits per heavy atom. The molecule has 0 spiro atoms. The van der Waals surface area contributed by atoms with Crippen molar-refractivity contribution >= 4 is 22.8 Å². The first kappa shape index (κ1) is 24.2. The summed E-state index contributed by atoms with van der Waals surface area (Å²) in [5, 5.41) is 11.3. The Balaban J connectivity index is 1.60. The number of H-pyrrole nitrogens is 1. The molecule has 5 rings (SSSR count). The number of hydrogen-bond donors (Lipinski definition) is 2. The summed E-state index contributed by atoms with van der Waals surface area (Å²) in [4.78, 5) is 36.6. The van der Waals surface area contributed by atoms with E-state index in [4.69, 9.17) is 4.74 Å². The first-order valence-corrected chi connectivity index (χ1v) is 12.5. The lowest BCUT2D eigenvalue weighted by atomic mass is 9.81. The number of methoxy groups -OCH3 is 1. The first-order chi connectivity index (χ1) is 17.2. The SMILES string of the molecule is COc1ccc2[nH]c3c(c2c1)C[C@@]1(C)C(=O)N(CCCN(C)C(C)C)C(=O)N1C3c1cccc(O)c1. The molecule has 8 nitrogen and oxygen atoms in total. The van der Waals surface area contributed by atoms with Crippen molar-refractivity contribution in [1.82, 2.24) is 19.7 Å². The smallest absolute Gasteiger partial charge is 0.328 e. The standard InChI is InChI=1S/C28H34N4O4/c1-17(2)30(4)12-7-13-31-26(34)28(3)16-22-21-15-20(36-5)10-11-23(21)29-24(22)25(32(28)27(31)35)18-8-6-9-19(33)14-18/h6,8-11,14-15,17,25,29,33H,7,12-13,16H2,1-5H3/t25?,28-/m0/s1. The maximum atomic E-state index is 13.9. The number of amides is 3. The molecule has 1 saturated heterocycles. The zero-order valence-corrected chi connectivity index (χ0v) is 21.5. The lowest BCUT2D eigenvalue weighted by Crippen LogP contribution is -2.53. The van der Waals surface area contributed by atoms with Gasteiger partial charge in [-0.25, -0.2) is 4.79 Å². The van der Waals surface area contributed by atoms with Gasteiger partial charge >= 0.3 is 6.03 Å². The summed E-state index contributed by atoms with van der Waals surface area (Å²) in [7, 11) is 3.68. The van der Waals surface area contributed by atoms with Crippen LogP contribution in [-0.2, 0) is 11.2 Å². The summed E-state index contributed by atoms with van der Waals surface area (Å²) in [6.07, 6.45) is 1.11. The molecular formula is C28H34N4O4. The fraction of sp³-hybridized carbons (Fsp3) is 0.429. The molecule has 2 aliphatic heterocycles. The van der Waals surface area contributed by atoms with E-state index < -0.39 is 11.6 Å². The number of nitrogens with zero attached hydrogens (tertiary/aromatic N) is 3. The number of carbonyl (C=O) groups is 2. The lowest BCUT2D eigenvalue weighted by Gasteiger charge is -2.42. The first-order valence-electron chi connectivity index (χ1n) is 12.5. The molecule has 36 heavy (non-hydrogen) atoms. The minimum Gasteiger partial charge on any atom is -0.508 e. The van der Waals surface area contributed by atoms with Gasteiger partial charge in [-0.2, -0.15) is 0 Å². The zero-order valence-electron chi connectivity index (χ0n) is 21.5. The maximum absolute atomic E-state index is 13.9. The molecular weight excluding hydrogens is 456 g/mol. The fourth-order valence-electron chi connectivity index (χ4n) is 5.59. The van der Waals surface area contributed by atoms with Gasteiger partial charge in [-0.1, -0.05) is 12.1 Å². The van der Waals surface area contributed by atoms with Crippen LogP contribution in [0, 0.1) is 0 Å². The summed E-state index contributed by atoms with van der Waals surface area (Å²) in [5.74, 6) is 0.675.